The van der Waals surface area contributed by atoms with Crippen LogP contribution in [-0.2, 0) is 0 Å². The van der Waals surface area contributed by atoms with E-state index < -0.39 is 18.0 Å². The van der Waals surface area contributed by atoms with Crippen molar-refractivity contribution in [1.29, 1.82) is 0 Å². The van der Waals surface area contributed by atoms with Crippen LogP contribution < -0.4 is 15.8 Å². The summed E-state index contributed by atoms with van der Waals surface area (Å²) in [5, 5.41) is 2.63. The summed E-state index contributed by atoms with van der Waals surface area (Å²) < 4.78 is 40.7. The molecule has 2 rings (SSSR count). The van der Waals surface area contributed by atoms with Gasteiger partial charge in [0.1, 0.15) is 5.69 Å². The third kappa shape index (κ3) is 4.06. The van der Waals surface area contributed by atoms with Crippen LogP contribution in [0, 0.1) is 0 Å². The second kappa shape index (κ2) is 5.65. The molecule has 1 amide bonds. The molecule has 0 aliphatic heterocycles. The van der Waals surface area contributed by atoms with Gasteiger partial charge in [-0.1, -0.05) is 0 Å². The molecule has 3 N–H and O–H groups in total. The fourth-order valence-electron chi connectivity index (χ4n) is 1.49. The molecule has 0 spiro atoms. The summed E-state index contributed by atoms with van der Waals surface area (Å²) in [6.07, 6.45) is 0.0359. The van der Waals surface area contributed by atoms with E-state index in [2.05, 4.69) is 20.0 Å². The number of nitrogens with two attached hydrogens (primary N) is 1. The van der Waals surface area contributed by atoms with Gasteiger partial charge < -0.3 is 15.8 Å². The number of nitrogens with zero attached hydrogens (tertiary/aromatic N) is 2. The van der Waals surface area contributed by atoms with Crippen LogP contribution in [0.5, 0.6) is 5.75 Å². The Kier molecular flexibility index (Phi) is 3.92. The maximum absolute atomic E-state index is 12.3. The largest absolute Gasteiger partial charge is 0.573 e. The molecule has 0 aliphatic carbocycles. The molecule has 9 heteroatoms. The highest BCUT2D eigenvalue weighted by Gasteiger charge is 2.32. The Hall–Kier alpha value is -2.84. The normalized spacial score (nSPS) is 11.0. The Morgan fingerprint density at radius 2 is 2.00 bits per heavy atom. The fraction of sp³-hybridized carbons (Fsp3) is 0.0833. The lowest BCUT2D eigenvalue weighted by molar-refractivity contribution is -0.274. The van der Waals surface area contributed by atoms with Crippen LogP contribution in [0.4, 0.5) is 24.5 Å². The molecule has 0 unspecified atom stereocenters. The van der Waals surface area contributed by atoms with E-state index in [1.807, 2.05) is 0 Å². The summed E-state index contributed by atoms with van der Waals surface area (Å²) in [5.41, 5.74) is 5.45. The Morgan fingerprint density at radius 1 is 1.24 bits per heavy atom. The molecular weight excluding hydrogens is 289 g/mol. The first-order valence-electron chi connectivity index (χ1n) is 5.57. The highest BCUT2D eigenvalue weighted by atomic mass is 19.4. The topological polar surface area (TPSA) is 90.1 Å². The van der Waals surface area contributed by atoms with Crippen LogP contribution in [0.1, 0.15) is 10.4 Å². The Labute approximate surface area is 116 Å². The van der Waals surface area contributed by atoms with Crippen molar-refractivity contribution in [1.82, 2.24) is 9.97 Å². The quantitative estimate of drug-likeness (QED) is 0.903. The number of halogens is 3. The molecule has 2 heterocycles. The first kappa shape index (κ1) is 14.6. The van der Waals surface area contributed by atoms with E-state index >= 15 is 0 Å². The molecule has 110 valence electrons. The monoisotopic (exact) mass is 298 g/mol. The van der Waals surface area contributed by atoms with Crippen LogP contribution in [0.25, 0.3) is 0 Å². The maximum Gasteiger partial charge on any atom is 0.573 e. The van der Waals surface area contributed by atoms with Gasteiger partial charge in [-0.3, -0.25) is 14.8 Å². The predicted octanol–water partition coefficient (Wildman–Crippen LogP) is 2.22. The summed E-state index contributed by atoms with van der Waals surface area (Å²) in [4.78, 5) is 18.5. The summed E-state index contributed by atoms with van der Waals surface area (Å²) in [7, 11) is 0. The zero-order valence-electron chi connectivity index (χ0n) is 10.4. The third-order valence-electron chi connectivity index (χ3n) is 2.31. The molecule has 0 bridgehead atoms. The predicted molar refractivity (Wildman–Crippen MR) is 67.0 cm³/mol. The molecule has 2 aromatic heterocycles. The van der Waals surface area contributed by atoms with Crippen molar-refractivity contribution in [3.05, 3.63) is 42.5 Å². The zero-order valence-corrected chi connectivity index (χ0v) is 10.4. The van der Waals surface area contributed by atoms with Crippen molar-refractivity contribution in [2.45, 2.75) is 6.36 Å². The standard InChI is InChI=1S/C12H9F3N4O2/c13-12(14,15)21-10-1-2-17-6-9(10)19-8-3-7(11(16)20)4-18-5-8/h1-6,19H,(H2,16,20). The number of hydrogen-bond donors (Lipinski definition) is 2. The summed E-state index contributed by atoms with van der Waals surface area (Å²) >= 11 is 0. The number of primary amides is 1. The molecule has 21 heavy (non-hydrogen) atoms. The van der Waals surface area contributed by atoms with Crippen molar-refractivity contribution < 1.29 is 22.7 Å². The first-order valence-corrected chi connectivity index (χ1v) is 5.57. The minimum absolute atomic E-state index is 0.0294. The number of ether oxygens (including phenoxy) is 1. The first-order chi connectivity index (χ1) is 9.85. The zero-order chi connectivity index (χ0) is 15.5. The fourth-order valence-corrected chi connectivity index (χ4v) is 1.49. The molecule has 2 aromatic rings. The molecule has 6 nitrogen and oxygen atoms in total. The van der Waals surface area contributed by atoms with Crippen LogP contribution in [-0.4, -0.2) is 22.2 Å². The van der Waals surface area contributed by atoms with Gasteiger partial charge in [-0.25, -0.2) is 0 Å². The number of carbonyl (C=O) groups is 1. The number of alkyl halides is 3. The average molecular weight is 298 g/mol. The lowest BCUT2D eigenvalue weighted by Crippen LogP contribution is -2.18. The number of rotatable bonds is 4. The minimum atomic E-state index is -4.83. The van der Waals surface area contributed by atoms with Gasteiger partial charge in [-0.15, -0.1) is 13.2 Å². The van der Waals surface area contributed by atoms with E-state index in [9.17, 15) is 18.0 Å². The van der Waals surface area contributed by atoms with Gasteiger partial charge in [0.2, 0.25) is 5.91 Å². The van der Waals surface area contributed by atoms with Gasteiger partial charge in [0.05, 0.1) is 23.6 Å². The van der Waals surface area contributed by atoms with Gasteiger partial charge in [0, 0.05) is 18.5 Å². The molecular formula is C12H9F3N4O2. The maximum atomic E-state index is 12.3. The Balaban J connectivity index is 2.27. The summed E-state index contributed by atoms with van der Waals surface area (Å²) in [6.45, 7) is 0. The van der Waals surface area contributed by atoms with Crippen molar-refractivity contribution in [3.8, 4) is 5.75 Å². The molecule has 0 atom stereocenters. The third-order valence-corrected chi connectivity index (χ3v) is 2.31. The van der Waals surface area contributed by atoms with E-state index in [1.165, 1.54) is 18.5 Å². The van der Waals surface area contributed by atoms with Crippen LogP contribution in [0.3, 0.4) is 0 Å². The average Bonchev–Trinajstić information content (AvgIpc) is 2.40. The second-order valence-electron chi connectivity index (χ2n) is 3.87. The second-order valence-corrected chi connectivity index (χ2v) is 3.87. The highest BCUT2D eigenvalue weighted by molar-refractivity contribution is 5.93. The lowest BCUT2D eigenvalue weighted by Gasteiger charge is -2.14. The number of carbonyl (C=O) groups excluding carboxylic acids is 1. The van der Waals surface area contributed by atoms with Gasteiger partial charge in [-0.05, 0) is 6.07 Å². The van der Waals surface area contributed by atoms with Crippen LogP contribution >= 0.6 is 0 Å². The van der Waals surface area contributed by atoms with Crippen molar-refractivity contribution in [2.24, 2.45) is 5.73 Å². The minimum Gasteiger partial charge on any atom is -0.403 e. The van der Waals surface area contributed by atoms with E-state index in [4.69, 9.17) is 5.73 Å². The number of amides is 1. The Morgan fingerprint density at radius 3 is 2.67 bits per heavy atom. The molecule has 0 saturated heterocycles. The van der Waals surface area contributed by atoms with Crippen molar-refractivity contribution >= 4 is 17.3 Å². The van der Waals surface area contributed by atoms with Gasteiger partial charge in [0.15, 0.2) is 5.75 Å². The Bertz CT molecular complexity index is 661. The van der Waals surface area contributed by atoms with Gasteiger partial charge in [-0.2, -0.15) is 0 Å². The van der Waals surface area contributed by atoms with Gasteiger partial charge >= 0.3 is 6.36 Å². The molecule has 0 fully saturated rings. The van der Waals surface area contributed by atoms with E-state index in [-0.39, 0.29) is 16.9 Å². The lowest BCUT2D eigenvalue weighted by atomic mass is 10.2. The number of hydrogen-bond acceptors (Lipinski definition) is 5. The van der Waals surface area contributed by atoms with Crippen molar-refractivity contribution in [3.63, 3.8) is 0 Å². The molecule has 0 aliphatic rings. The number of nitrogens with one attached hydrogen (secondary N) is 1. The molecule has 0 aromatic carbocycles. The highest BCUT2D eigenvalue weighted by Crippen LogP contribution is 2.31. The number of anilines is 2. The number of pyridine rings is 2. The smallest absolute Gasteiger partial charge is 0.403 e. The van der Waals surface area contributed by atoms with E-state index in [0.29, 0.717) is 0 Å². The van der Waals surface area contributed by atoms with E-state index in [0.717, 1.165) is 18.5 Å². The summed E-state index contributed by atoms with van der Waals surface area (Å²) in [5.74, 6) is -1.16. The van der Waals surface area contributed by atoms with Gasteiger partial charge in [0.25, 0.3) is 0 Å². The van der Waals surface area contributed by atoms with Crippen LogP contribution in [0.15, 0.2) is 36.9 Å². The summed E-state index contributed by atoms with van der Waals surface area (Å²) in [6, 6.07) is 2.40. The SMILES string of the molecule is NC(=O)c1cncc(Nc2cnccc2OC(F)(F)F)c1. The molecule has 0 saturated carbocycles. The van der Waals surface area contributed by atoms with E-state index in [1.54, 1.807) is 0 Å². The van der Waals surface area contributed by atoms with Crippen molar-refractivity contribution in [2.75, 3.05) is 5.32 Å². The number of aromatic nitrogens is 2. The molecule has 0 radical (unpaired) electrons. The van der Waals surface area contributed by atoms with Crippen LogP contribution in [0.2, 0.25) is 0 Å².